The zero-order chi connectivity index (χ0) is 18.7. The van der Waals surface area contributed by atoms with Crippen LogP contribution in [0.4, 0.5) is 10.1 Å². The molecule has 2 aromatic rings. The number of ether oxygens (including phenoxy) is 1. The highest BCUT2D eigenvalue weighted by Gasteiger charge is 2.33. The van der Waals surface area contributed by atoms with E-state index in [1.165, 1.54) is 37.4 Å². The number of carbonyl (C=O) groups is 1. The molecular weight excluding hydrogens is 357 g/mol. The molecule has 0 atom stereocenters. The van der Waals surface area contributed by atoms with Gasteiger partial charge >= 0.3 is 5.97 Å². The lowest BCUT2D eigenvalue weighted by atomic mass is 10.1. The number of benzene rings is 2. The molecular formula is C19H14FNO4S. The summed E-state index contributed by atoms with van der Waals surface area (Å²) in [7, 11) is 1.20. The molecule has 3 rings (SSSR count). The van der Waals surface area contributed by atoms with Crippen LogP contribution in [0.15, 0.2) is 69.8 Å². The number of esters is 1. The fraction of sp³-hybridized carbons (Fsp3) is 0.0526. The molecule has 1 aliphatic heterocycles. The molecule has 2 N–H and O–H groups in total. The average molecular weight is 371 g/mol. The van der Waals surface area contributed by atoms with Crippen LogP contribution in [-0.4, -0.2) is 28.3 Å². The summed E-state index contributed by atoms with van der Waals surface area (Å²) in [6, 6.07) is 12.0. The largest absolute Gasteiger partial charge is 0.507 e. The molecule has 0 spiro atoms. The second kappa shape index (κ2) is 7.45. The molecule has 0 unspecified atom stereocenters. The lowest BCUT2D eigenvalue weighted by Crippen LogP contribution is -2.10. The quantitative estimate of drug-likeness (QED) is 0.785. The van der Waals surface area contributed by atoms with Crippen molar-refractivity contribution in [1.82, 2.24) is 0 Å². The van der Waals surface area contributed by atoms with Gasteiger partial charge in [0.2, 0.25) is 0 Å². The lowest BCUT2D eigenvalue weighted by Gasteiger charge is -2.01. The van der Waals surface area contributed by atoms with Crippen molar-refractivity contribution in [3.63, 3.8) is 0 Å². The summed E-state index contributed by atoms with van der Waals surface area (Å²) in [6.45, 7) is 0. The Hall–Kier alpha value is -3.06. The van der Waals surface area contributed by atoms with Crippen molar-refractivity contribution in [2.24, 2.45) is 4.99 Å². The van der Waals surface area contributed by atoms with Crippen molar-refractivity contribution < 1.29 is 24.1 Å². The van der Waals surface area contributed by atoms with Crippen LogP contribution in [0.1, 0.15) is 5.56 Å². The summed E-state index contributed by atoms with van der Waals surface area (Å²) in [4.78, 5) is 16.7. The van der Waals surface area contributed by atoms with Crippen LogP contribution >= 0.6 is 11.8 Å². The highest BCUT2D eigenvalue weighted by atomic mass is 32.2. The summed E-state index contributed by atoms with van der Waals surface area (Å²) < 4.78 is 17.8. The number of carbonyl (C=O) groups excluding carboxylic acids is 1. The second-order valence-electron chi connectivity index (χ2n) is 5.28. The van der Waals surface area contributed by atoms with Crippen molar-refractivity contribution >= 4 is 34.5 Å². The Bertz CT molecular complexity index is 948. The third-order valence-electron chi connectivity index (χ3n) is 3.56. The Labute approximate surface area is 153 Å². The molecule has 0 fully saturated rings. The molecule has 0 bridgehead atoms. The smallest absolute Gasteiger partial charge is 0.344 e. The molecule has 132 valence electrons. The highest BCUT2D eigenvalue weighted by Crippen LogP contribution is 2.40. The molecule has 7 heteroatoms. The number of nitrogens with zero attached hydrogens (tertiary/aromatic N) is 1. The summed E-state index contributed by atoms with van der Waals surface area (Å²) in [6.07, 6.45) is 1.55. The molecule has 1 heterocycles. The molecule has 26 heavy (non-hydrogen) atoms. The van der Waals surface area contributed by atoms with Gasteiger partial charge in [-0.05, 0) is 36.4 Å². The van der Waals surface area contributed by atoms with Gasteiger partial charge in [-0.3, -0.25) is 0 Å². The van der Waals surface area contributed by atoms with Crippen LogP contribution in [0.2, 0.25) is 0 Å². The number of phenolic OH excluding ortho intramolecular Hbond substituents is 1. The number of rotatable bonds is 3. The number of hydrogen-bond donors (Lipinski definition) is 2. The Morgan fingerprint density at radius 1 is 1.15 bits per heavy atom. The number of aromatic hydroxyl groups is 1. The first-order valence-electron chi connectivity index (χ1n) is 7.53. The Morgan fingerprint density at radius 3 is 2.50 bits per heavy atom. The predicted octanol–water partition coefficient (Wildman–Crippen LogP) is 4.33. The molecule has 0 saturated carbocycles. The maximum Gasteiger partial charge on any atom is 0.344 e. The van der Waals surface area contributed by atoms with Gasteiger partial charge in [-0.15, -0.1) is 0 Å². The van der Waals surface area contributed by atoms with Crippen molar-refractivity contribution in [1.29, 1.82) is 0 Å². The van der Waals surface area contributed by atoms with Gasteiger partial charge in [0.25, 0.3) is 0 Å². The van der Waals surface area contributed by atoms with Crippen LogP contribution in [0.25, 0.3) is 6.08 Å². The fourth-order valence-electron chi connectivity index (χ4n) is 2.27. The summed E-state index contributed by atoms with van der Waals surface area (Å²) >= 11 is 1.05. The zero-order valence-corrected chi connectivity index (χ0v) is 14.5. The summed E-state index contributed by atoms with van der Waals surface area (Å²) in [5.41, 5.74) is 0.823. The van der Waals surface area contributed by atoms with Crippen LogP contribution in [0.5, 0.6) is 5.75 Å². The molecule has 2 aromatic carbocycles. The summed E-state index contributed by atoms with van der Waals surface area (Å²) in [5.74, 6) is -1.39. The van der Waals surface area contributed by atoms with E-state index in [9.17, 15) is 19.4 Å². The fourth-order valence-corrected chi connectivity index (χ4v) is 3.30. The van der Waals surface area contributed by atoms with E-state index in [4.69, 9.17) is 4.74 Å². The SMILES string of the molecule is COC(=O)C1=C(O)C(=Cc2ccccc2O)SC1=Nc1ccc(F)cc1. The van der Waals surface area contributed by atoms with E-state index in [2.05, 4.69) is 4.99 Å². The van der Waals surface area contributed by atoms with Crippen molar-refractivity contribution in [3.8, 4) is 5.75 Å². The van der Waals surface area contributed by atoms with Crippen LogP contribution in [0, 0.1) is 5.82 Å². The van der Waals surface area contributed by atoms with Crippen molar-refractivity contribution in [2.75, 3.05) is 7.11 Å². The number of halogens is 1. The van der Waals surface area contributed by atoms with E-state index in [1.807, 2.05) is 0 Å². The maximum atomic E-state index is 13.1. The van der Waals surface area contributed by atoms with Crippen molar-refractivity contribution in [2.45, 2.75) is 0 Å². The minimum Gasteiger partial charge on any atom is -0.507 e. The van der Waals surface area contributed by atoms with Crippen molar-refractivity contribution in [3.05, 3.63) is 76.1 Å². The second-order valence-corrected chi connectivity index (χ2v) is 6.31. The van der Waals surface area contributed by atoms with E-state index in [0.29, 0.717) is 16.2 Å². The van der Waals surface area contributed by atoms with Gasteiger partial charge in [-0.2, -0.15) is 0 Å². The third kappa shape index (κ3) is 3.62. The highest BCUT2D eigenvalue weighted by molar-refractivity contribution is 8.18. The van der Waals surface area contributed by atoms with E-state index in [0.717, 1.165) is 11.8 Å². The molecule has 0 amide bonds. The van der Waals surface area contributed by atoms with Gasteiger partial charge in [0.05, 0.1) is 17.7 Å². The molecule has 0 aromatic heterocycles. The Balaban J connectivity index is 2.06. The number of hydrogen-bond acceptors (Lipinski definition) is 6. The van der Waals surface area contributed by atoms with E-state index < -0.39 is 11.8 Å². The minimum absolute atomic E-state index is 0.0388. The van der Waals surface area contributed by atoms with E-state index in [1.54, 1.807) is 24.3 Å². The molecule has 0 aliphatic carbocycles. The molecule has 1 aliphatic rings. The predicted molar refractivity (Wildman–Crippen MR) is 98.8 cm³/mol. The first-order valence-corrected chi connectivity index (χ1v) is 8.35. The number of phenols is 1. The van der Waals surface area contributed by atoms with Crippen LogP contribution in [0.3, 0.4) is 0 Å². The maximum absolute atomic E-state index is 13.1. The number of thioether (sulfide) groups is 1. The number of aliphatic hydroxyl groups is 1. The van der Waals surface area contributed by atoms with Gasteiger partial charge in [0.1, 0.15) is 27.9 Å². The standard InChI is InChI=1S/C19H14FNO4S/c1-25-19(24)16-17(23)15(10-11-4-2-3-5-14(11)22)26-18(16)21-13-8-6-12(20)7-9-13/h2-10,22-23H,1H3. The first kappa shape index (κ1) is 17.8. The molecule has 0 saturated heterocycles. The van der Waals surface area contributed by atoms with Crippen LogP contribution < -0.4 is 0 Å². The summed E-state index contributed by atoms with van der Waals surface area (Å²) in [5, 5.41) is 20.6. The monoisotopic (exact) mass is 371 g/mol. The van der Waals surface area contributed by atoms with E-state index in [-0.39, 0.29) is 22.1 Å². The Kier molecular flexibility index (Phi) is 5.09. The molecule has 5 nitrogen and oxygen atoms in total. The number of methoxy groups -OCH3 is 1. The van der Waals surface area contributed by atoms with Gasteiger partial charge < -0.3 is 14.9 Å². The number of aliphatic hydroxyl groups excluding tert-OH is 1. The van der Waals surface area contributed by atoms with Gasteiger partial charge in [-0.25, -0.2) is 14.2 Å². The van der Waals surface area contributed by atoms with Crippen LogP contribution in [-0.2, 0) is 9.53 Å². The molecule has 0 radical (unpaired) electrons. The average Bonchev–Trinajstić information content (AvgIpc) is 2.93. The number of para-hydroxylation sites is 1. The normalized spacial score (nSPS) is 17.2. The Morgan fingerprint density at radius 2 is 1.85 bits per heavy atom. The zero-order valence-electron chi connectivity index (χ0n) is 13.6. The lowest BCUT2D eigenvalue weighted by molar-refractivity contribution is -0.135. The third-order valence-corrected chi connectivity index (χ3v) is 4.58. The van der Waals surface area contributed by atoms with E-state index >= 15 is 0 Å². The minimum atomic E-state index is -0.739. The van der Waals surface area contributed by atoms with Gasteiger partial charge in [0, 0.05) is 5.56 Å². The topological polar surface area (TPSA) is 79.1 Å². The van der Waals surface area contributed by atoms with Gasteiger partial charge in [-0.1, -0.05) is 30.0 Å². The first-order chi connectivity index (χ1) is 12.5. The van der Waals surface area contributed by atoms with Gasteiger partial charge in [0.15, 0.2) is 0 Å². The number of aliphatic imine (C=N–C) groups is 1.